The van der Waals surface area contributed by atoms with Crippen LogP contribution in [0.3, 0.4) is 0 Å². The summed E-state index contributed by atoms with van der Waals surface area (Å²) in [6, 6.07) is 0. The van der Waals surface area contributed by atoms with Gasteiger partial charge in [-0.2, -0.15) is 0 Å². The zero-order valence-corrected chi connectivity index (χ0v) is 8.17. The second-order valence-electron chi connectivity index (χ2n) is 2.25. The first kappa shape index (κ1) is 12.2. The summed E-state index contributed by atoms with van der Waals surface area (Å²) in [5.41, 5.74) is 2.41. The Labute approximate surface area is 78.5 Å². The van der Waals surface area contributed by atoms with E-state index in [0.717, 1.165) is 0 Å². The van der Waals surface area contributed by atoms with Crippen LogP contribution >= 0.6 is 0 Å². The molecule has 0 amide bonds. The van der Waals surface area contributed by atoms with Crippen molar-refractivity contribution < 1.29 is 9.47 Å². The van der Waals surface area contributed by atoms with E-state index in [1.807, 2.05) is 0 Å². The molecule has 0 spiro atoms. The van der Waals surface area contributed by atoms with E-state index in [1.54, 1.807) is 14.2 Å². The molecule has 0 saturated heterocycles. The van der Waals surface area contributed by atoms with Crippen LogP contribution in [0, 0.1) is 0 Å². The third kappa shape index (κ3) is 7.51. The SMILES string of the molecule is CN=C(NN)NCCOCCOC. The maximum Gasteiger partial charge on any atom is 0.205 e. The van der Waals surface area contributed by atoms with Crippen molar-refractivity contribution >= 4 is 5.96 Å². The Hall–Kier alpha value is -0.850. The first-order valence-electron chi connectivity index (χ1n) is 4.09. The predicted octanol–water partition coefficient (Wildman–Crippen LogP) is -1.31. The third-order valence-corrected chi connectivity index (χ3v) is 1.33. The Bertz CT molecular complexity index is 140. The van der Waals surface area contributed by atoms with Gasteiger partial charge in [-0.3, -0.25) is 10.4 Å². The van der Waals surface area contributed by atoms with Crippen LogP contribution in [0.5, 0.6) is 0 Å². The molecule has 0 radical (unpaired) electrons. The van der Waals surface area contributed by atoms with Crippen LogP contribution in [-0.4, -0.2) is 46.5 Å². The molecule has 0 aromatic rings. The van der Waals surface area contributed by atoms with E-state index in [-0.39, 0.29) is 0 Å². The van der Waals surface area contributed by atoms with Gasteiger partial charge in [0, 0.05) is 20.7 Å². The quantitative estimate of drug-likeness (QED) is 0.159. The average Bonchev–Trinajstić information content (AvgIpc) is 2.17. The number of aliphatic imine (C=N–C) groups is 1. The van der Waals surface area contributed by atoms with E-state index in [2.05, 4.69) is 15.7 Å². The average molecular weight is 190 g/mol. The van der Waals surface area contributed by atoms with Crippen molar-refractivity contribution in [3.05, 3.63) is 0 Å². The molecule has 0 aromatic heterocycles. The standard InChI is InChI=1S/C7H18N4O2/c1-9-7(11-8)10-3-4-13-6-5-12-2/h3-6,8H2,1-2H3,(H2,9,10,11). The van der Waals surface area contributed by atoms with E-state index >= 15 is 0 Å². The molecule has 0 unspecified atom stereocenters. The Kier molecular flexibility index (Phi) is 8.64. The summed E-state index contributed by atoms with van der Waals surface area (Å²) in [5.74, 6) is 5.69. The number of hydrogen-bond acceptors (Lipinski definition) is 4. The minimum Gasteiger partial charge on any atom is -0.382 e. The minimum atomic E-state index is 0.551. The highest BCUT2D eigenvalue weighted by atomic mass is 16.5. The maximum absolute atomic E-state index is 5.20. The second-order valence-corrected chi connectivity index (χ2v) is 2.25. The van der Waals surface area contributed by atoms with Gasteiger partial charge in [0.15, 0.2) is 0 Å². The Morgan fingerprint density at radius 2 is 2.15 bits per heavy atom. The normalized spacial score (nSPS) is 11.5. The van der Waals surface area contributed by atoms with Crippen molar-refractivity contribution in [2.75, 3.05) is 40.5 Å². The molecule has 4 N–H and O–H groups in total. The Morgan fingerprint density at radius 1 is 1.38 bits per heavy atom. The largest absolute Gasteiger partial charge is 0.382 e. The molecule has 6 heteroatoms. The fraction of sp³-hybridized carbons (Fsp3) is 0.857. The van der Waals surface area contributed by atoms with Crippen molar-refractivity contribution in [2.45, 2.75) is 0 Å². The Balaban J connectivity index is 3.15. The van der Waals surface area contributed by atoms with Crippen LogP contribution in [0.1, 0.15) is 0 Å². The van der Waals surface area contributed by atoms with E-state index in [4.69, 9.17) is 15.3 Å². The van der Waals surface area contributed by atoms with Crippen LogP contribution in [0.2, 0.25) is 0 Å². The molecule has 78 valence electrons. The van der Waals surface area contributed by atoms with Crippen molar-refractivity contribution in [2.24, 2.45) is 10.8 Å². The molecule has 0 bridgehead atoms. The molecular formula is C7H18N4O2. The van der Waals surface area contributed by atoms with Gasteiger partial charge < -0.3 is 14.8 Å². The molecule has 0 rings (SSSR count). The summed E-state index contributed by atoms with van der Waals surface area (Å²) in [6.45, 7) is 2.49. The van der Waals surface area contributed by atoms with E-state index < -0.39 is 0 Å². The van der Waals surface area contributed by atoms with Gasteiger partial charge in [0.25, 0.3) is 0 Å². The van der Waals surface area contributed by atoms with Gasteiger partial charge in [-0.1, -0.05) is 0 Å². The maximum atomic E-state index is 5.20. The number of nitrogens with two attached hydrogens (primary N) is 1. The Morgan fingerprint density at radius 3 is 2.69 bits per heavy atom. The summed E-state index contributed by atoms with van der Waals surface area (Å²) >= 11 is 0. The number of nitrogens with one attached hydrogen (secondary N) is 2. The highest BCUT2D eigenvalue weighted by molar-refractivity contribution is 5.78. The molecule has 0 aromatic carbocycles. The first-order valence-corrected chi connectivity index (χ1v) is 4.09. The van der Waals surface area contributed by atoms with Gasteiger partial charge in [-0.25, -0.2) is 5.84 Å². The van der Waals surface area contributed by atoms with Crippen molar-refractivity contribution in [1.29, 1.82) is 0 Å². The number of hydrogen-bond donors (Lipinski definition) is 3. The number of guanidine groups is 1. The summed E-state index contributed by atoms with van der Waals surface area (Å²) in [7, 11) is 3.29. The monoisotopic (exact) mass is 190 g/mol. The van der Waals surface area contributed by atoms with E-state index in [9.17, 15) is 0 Å². The topological polar surface area (TPSA) is 80.9 Å². The van der Waals surface area contributed by atoms with Crippen molar-refractivity contribution in [1.82, 2.24) is 10.7 Å². The van der Waals surface area contributed by atoms with E-state index in [0.29, 0.717) is 32.3 Å². The van der Waals surface area contributed by atoms with Gasteiger partial charge in [0.05, 0.1) is 19.8 Å². The summed E-state index contributed by atoms with van der Waals surface area (Å²) < 4.78 is 10.0. The highest BCUT2D eigenvalue weighted by Gasteiger charge is 1.92. The molecule has 0 aliphatic carbocycles. The molecule has 13 heavy (non-hydrogen) atoms. The molecule has 0 saturated carbocycles. The van der Waals surface area contributed by atoms with Crippen LogP contribution in [-0.2, 0) is 9.47 Å². The predicted molar refractivity (Wildman–Crippen MR) is 51.4 cm³/mol. The van der Waals surface area contributed by atoms with Crippen molar-refractivity contribution in [3.63, 3.8) is 0 Å². The number of hydrazine groups is 1. The zero-order valence-electron chi connectivity index (χ0n) is 8.17. The zero-order chi connectivity index (χ0) is 9.94. The molecule has 0 atom stereocenters. The van der Waals surface area contributed by atoms with Crippen LogP contribution in [0.4, 0.5) is 0 Å². The first-order chi connectivity index (χ1) is 6.35. The molecule has 0 aliphatic heterocycles. The summed E-state index contributed by atoms with van der Waals surface area (Å²) in [5, 5.41) is 2.94. The summed E-state index contributed by atoms with van der Waals surface area (Å²) in [4.78, 5) is 3.83. The van der Waals surface area contributed by atoms with Gasteiger partial charge in [-0.15, -0.1) is 0 Å². The lowest BCUT2D eigenvalue weighted by atomic mass is 10.6. The molecule has 0 aliphatic rings. The number of ether oxygens (including phenoxy) is 2. The van der Waals surface area contributed by atoms with Gasteiger partial charge >= 0.3 is 0 Å². The van der Waals surface area contributed by atoms with Gasteiger partial charge in [0.1, 0.15) is 0 Å². The van der Waals surface area contributed by atoms with Crippen molar-refractivity contribution in [3.8, 4) is 0 Å². The number of nitrogens with zero attached hydrogens (tertiary/aromatic N) is 1. The fourth-order valence-electron chi connectivity index (χ4n) is 0.681. The van der Waals surface area contributed by atoms with Gasteiger partial charge in [0.2, 0.25) is 5.96 Å². The van der Waals surface area contributed by atoms with E-state index in [1.165, 1.54) is 0 Å². The molecule has 0 heterocycles. The molecule has 0 fully saturated rings. The fourth-order valence-corrected chi connectivity index (χ4v) is 0.681. The van der Waals surface area contributed by atoms with Crippen LogP contribution in [0.25, 0.3) is 0 Å². The number of rotatable bonds is 6. The minimum absolute atomic E-state index is 0.551. The lowest BCUT2D eigenvalue weighted by Gasteiger charge is -2.08. The molecule has 6 nitrogen and oxygen atoms in total. The van der Waals surface area contributed by atoms with Crippen LogP contribution < -0.4 is 16.6 Å². The second kappa shape index (κ2) is 9.24. The lowest BCUT2D eigenvalue weighted by Crippen LogP contribution is -2.42. The molecular weight excluding hydrogens is 172 g/mol. The lowest BCUT2D eigenvalue weighted by molar-refractivity contribution is 0.0733. The summed E-state index contributed by atoms with van der Waals surface area (Å²) in [6.07, 6.45) is 0. The smallest absolute Gasteiger partial charge is 0.205 e. The van der Waals surface area contributed by atoms with Gasteiger partial charge in [-0.05, 0) is 0 Å². The highest BCUT2D eigenvalue weighted by Crippen LogP contribution is 1.74. The number of methoxy groups -OCH3 is 1. The van der Waals surface area contributed by atoms with Crippen LogP contribution in [0.15, 0.2) is 4.99 Å². The third-order valence-electron chi connectivity index (χ3n) is 1.33.